The van der Waals surface area contributed by atoms with Gasteiger partial charge in [0.2, 0.25) is 0 Å². The van der Waals surface area contributed by atoms with Gasteiger partial charge in [0.25, 0.3) is 0 Å². The number of nitrogens with one attached hydrogen (secondary N) is 2. The zero-order valence-corrected chi connectivity index (χ0v) is 14.5. The summed E-state index contributed by atoms with van der Waals surface area (Å²) in [5, 5.41) is 6.85. The summed E-state index contributed by atoms with van der Waals surface area (Å²) >= 11 is 0. The number of nitrogens with zero attached hydrogens (tertiary/aromatic N) is 2. The molecule has 0 unspecified atom stereocenters. The van der Waals surface area contributed by atoms with E-state index in [0.717, 1.165) is 31.1 Å². The molecule has 0 aliphatic rings. The van der Waals surface area contributed by atoms with Gasteiger partial charge in [0, 0.05) is 19.3 Å². The first-order valence-corrected chi connectivity index (χ1v) is 8.15. The molecule has 4 nitrogen and oxygen atoms in total. The van der Waals surface area contributed by atoms with Crippen LogP contribution in [0, 0.1) is 23.7 Å². The first-order chi connectivity index (χ1) is 9.90. The molecule has 0 fully saturated rings. The highest BCUT2D eigenvalue weighted by Gasteiger charge is 2.17. The first-order valence-electron chi connectivity index (χ1n) is 8.15. The highest BCUT2D eigenvalue weighted by atomic mass is 15.0. The molecule has 0 spiro atoms. The summed E-state index contributed by atoms with van der Waals surface area (Å²) in [6, 6.07) is 0. The molecular weight excluding hydrogens is 260 g/mol. The number of aromatic nitrogens is 2. The first kappa shape index (κ1) is 17.9. The number of hydrogen-bond acceptors (Lipinski definition) is 4. The highest BCUT2D eigenvalue weighted by molar-refractivity contribution is 5.31. The third-order valence-corrected chi connectivity index (χ3v) is 3.77. The lowest BCUT2D eigenvalue weighted by Gasteiger charge is -2.25. The fourth-order valence-electron chi connectivity index (χ4n) is 2.53. The Morgan fingerprint density at radius 3 is 2.19 bits per heavy atom. The summed E-state index contributed by atoms with van der Waals surface area (Å²) < 4.78 is 0. The van der Waals surface area contributed by atoms with Crippen molar-refractivity contribution in [3.8, 4) is 0 Å². The minimum Gasteiger partial charge on any atom is -0.368 e. The minimum absolute atomic E-state index is 0.648. The summed E-state index contributed by atoms with van der Waals surface area (Å²) in [5.74, 6) is 3.51. The fraction of sp³-hybridized carbons (Fsp3) is 0.765. The van der Waals surface area contributed by atoms with Crippen molar-refractivity contribution in [1.82, 2.24) is 15.3 Å². The Morgan fingerprint density at radius 2 is 1.62 bits per heavy atom. The average Bonchev–Trinajstić information content (AvgIpc) is 2.38. The van der Waals surface area contributed by atoms with Crippen molar-refractivity contribution in [1.29, 1.82) is 0 Å². The van der Waals surface area contributed by atoms with Crippen molar-refractivity contribution in [2.45, 2.75) is 48.1 Å². The van der Waals surface area contributed by atoms with E-state index in [-0.39, 0.29) is 0 Å². The van der Waals surface area contributed by atoms with Crippen LogP contribution < -0.4 is 10.6 Å². The van der Waals surface area contributed by atoms with Crippen molar-refractivity contribution < 1.29 is 0 Å². The Hall–Kier alpha value is -1.16. The van der Waals surface area contributed by atoms with Crippen LogP contribution in [0.4, 0.5) is 5.82 Å². The Bertz CT molecular complexity index is 394. The predicted octanol–water partition coefficient (Wildman–Crippen LogP) is 3.56. The van der Waals surface area contributed by atoms with Crippen molar-refractivity contribution in [3.05, 3.63) is 18.1 Å². The lowest BCUT2D eigenvalue weighted by molar-refractivity contribution is 0.304. The van der Waals surface area contributed by atoms with E-state index in [1.54, 1.807) is 0 Å². The van der Waals surface area contributed by atoms with Gasteiger partial charge in [-0.15, -0.1) is 0 Å². The van der Waals surface area contributed by atoms with Gasteiger partial charge in [0.15, 0.2) is 0 Å². The molecule has 0 aliphatic carbocycles. The van der Waals surface area contributed by atoms with Gasteiger partial charge in [-0.3, -0.25) is 4.98 Å². The molecule has 1 aromatic rings. The number of hydrogen-bond donors (Lipinski definition) is 2. The van der Waals surface area contributed by atoms with Crippen LogP contribution in [0.1, 0.15) is 47.2 Å². The van der Waals surface area contributed by atoms with Gasteiger partial charge in [-0.05, 0) is 30.2 Å². The van der Waals surface area contributed by atoms with Gasteiger partial charge in [0.1, 0.15) is 5.82 Å². The molecule has 1 aromatic heterocycles. The summed E-state index contributed by atoms with van der Waals surface area (Å²) in [6.07, 6.45) is 3.64. The van der Waals surface area contributed by atoms with E-state index in [4.69, 9.17) is 0 Å². The summed E-state index contributed by atoms with van der Waals surface area (Å²) in [7, 11) is 0. The fourth-order valence-corrected chi connectivity index (χ4v) is 2.53. The van der Waals surface area contributed by atoms with E-state index < -0.39 is 0 Å². The quantitative estimate of drug-likeness (QED) is 0.730. The maximum absolute atomic E-state index is 4.62. The van der Waals surface area contributed by atoms with Gasteiger partial charge in [-0.2, -0.15) is 0 Å². The summed E-state index contributed by atoms with van der Waals surface area (Å²) in [6.45, 7) is 16.3. The molecule has 0 saturated carbocycles. The summed E-state index contributed by atoms with van der Waals surface area (Å²) in [5.41, 5.74) is 0.992. The molecule has 1 rings (SSSR count). The molecule has 0 radical (unpaired) electrons. The van der Waals surface area contributed by atoms with Crippen LogP contribution in [0.2, 0.25) is 0 Å². The van der Waals surface area contributed by atoms with Gasteiger partial charge < -0.3 is 10.6 Å². The molecule has 0 aromatic carbocycles. The zero-order valence-electron chi connectivity index (χ0n) is 14.5. The maximum Gasteiger partial charge on any atom is 0.144 e. The van der Waals surface area contributed by atoms with Gasteiger partial charge in [-0.25, -0.2) is 4.98 Å². The molecule has 0 aliphatic heterocycles. The van der Waals surface area contributed by atoms with Crippen molar-refractivity contribution in [2.24, 2.45) is 23.7 Å². The van der Waals surface area contributed by atoms with E-state index in [1.807, 2.05) is 12.4 Å². The second-order valence-corrected chi connectivity index (χ2v) is 6.95. The highest BCUT2D eigenvalue weighted by Crippen LogP contribution is 2.20. The second-order valence-electron chi connectivity index (χ2n) is 6.95. The van der Waals surface area contributed by atoms with Gasteiger partial charge in [-0.1, -0.05) is 41.5 Å². The summed E-state index contributed by atoms with van der Waals surface area (Å²) in [4.78, 5) is 8.91. The van der Waals surface area contributed by atoms with Gasteiger partial charge in [0.05, 0.1) is 11.9 Å². The van der Waals surface area contributed by atoms with Crippen molar-refractivity contribution >= 4 is 5.82 Å². The lowest BCUT2D eigenvalue weighted by Crippen LogP contribution is -2.25. The molecule has 120 valence electrons. The minimum atomic E-state index is 0.648. The maximum atomic E-state index is 4.62. The average molecular weight is 292 g/mol. The van der Waals surface area contributed by atoms with Crippen LogP contribution in [-0.4, -0.2) is 23.1 Å². The van der Waals surface area contributed by atoms with Crippen molar-refractivity contribution in [2.75, 3.05) is 18.4 Å². The molecule has 4 heteroatoms. The molecule has 0 amide bonds. The lowest BCUT2D eigenvalue weighted by atomic mass is 9.85. The third-order valence-electron chi connectivity index (χ3n) is 3.77. The van der Waals surface area contributed by atoms with E-state index in [9.17, 15) is 0 Å². The van der Waals surface area contributed by atoms with Crippen LogP contribution in [0.3, 0.4) is 0 Å². The van der Waals surface area contributed by atoms with E-state index in [0.29, 0.717) is 23.7 Å². The van der Waals surface area contributed by atoms with Crippen LogP contribution in [0.5, 0.6) is 0 Å². The third kappa shape index (κ3) is 6.89. The Kier molecular flexibility index (Phi) is 7.65. The van der Waals surface area contributed by atoms with Crippen LogP contribution in [0.25, 0.3) is 0 Å². The Balaban J connectivity index is 2.52. The van der Waals surface area contributed by atoms with E-state index in [2.05, 4.69) is 62.1 Å². The molecule has 0 saturated heterocycles. The largest absolute Gasteiger partial charge is 0.368 e. The molecule has 21 heavy (non-hydrogen) atoms. The monoisotopic (exact) mass is 292 g/mol. The topological polar surface area (TPSA) is 49.8 Å². The van der Waals surface area contributed by atoms with Crippen LogP contribution in [0.15, 0.2) is 12.4 Å². The van der Waals surface area contributed by atoms with E-state index >= 15 is 0 Å². The Labute approximate surface area is 130 Å². The van der Waals surface area contributed by atoms with Crippen LogP contribution in [-0.2, 0) is 6.54 Å². The zero-order chi connectivity index (χ0) is 15.8. The van der Waals surface area contributed by atoms with Crippen molar-refractivity contribution in [3.63, 3.8) is 0 Å². The van der Waals surface area contributed by atoms with E-state index in [1.165, 1.54) is 0 Å². The second kappa shape index (κ2) is 8.98. The molecule has 1 heterocycles. The predicted molar refractivity (Wildman–Crippen MR) is 90.2 cm³/mol. The molecular formula is C17H32N4. The van der Waals surface area contributed by atoms with Gasteiger partial charge >= 0.3 is 0 Å². The number of rotatable bonds is 9. The normalized spacial score (nSPS) is 11.9. The van der Waals surface area contributed by atoms with Crippen LogP contribution >= 0.6 is 0 Å². The SMILES string of the molecule is CC(C)CNCc1cncc(NCC(C(C)C)C(C)C)n1. The Morgan fingerprint density at radius 1 is 0.952 bits per heavy atom. The smallest absolute Gasteiger partial charge is 0.144 e. The molecule has 2 N–H and O–H groups in total. The number of anilines is 1. The standard InChI is InChI=1S/C17H32N4/c1-12(2)7-18-8-15-9-19-11-17(21-15)20-10-16(13(3)4)14(5)6/h9,11-14,16,18H,7-8,10H2,1-6H3,(H,20,21). The molecule has 0 bridgehead atoms. The molecule has 0 atom stereocenters.